The molecule has 0 bridgehead atoms. The highest BCUT2D eigenvalue weighted by Crippen LogP contribution is 2.43. The van der Waals surface area contributed by atoms with Crippen molar-refractivity contribution < 1.29 is 28.9 Å². The molecule has 13 heteroatoms. The Balaban J connectivity index is 1.26. The maximum Gasteiger partial charge on any atom is 0.407 e. The Morgan fingerprint density at radius 1 is 0.982 bits per heavy atom. The van der Waals surface area contributed by atoms with E-state index in [0.29, 0.717) is 32.0 Å². The van der Waals surface area contributed by atoms with Crippen LogP contribution in [0.3, 0.4) is 0 Å². The average molecular weight is 768 g/mol. The van der Waals surface area contributed by atoms with E-state index in [1.54, 1.807) is 14.0 Å². The van der Waals surface area contributed by atoms with Gasteiger partial charge in [-0.1, -0.05) is 39.0 Å². The summed E-state index contributed by atoms with van der Waals surface area (Å²) in [5.74, 6) is 2.57. The molecule has 2 aromatic heterocycles. The van der Waals surface area contributed by atoms with Gasteiger partial charge in [-0.2, -0.15) is 0 Å². The third-order valence-corrected chi connectivity index (χ3v) is 11.1. The SMILES string of the molecule is CCCC(=O)N(C[C@H](C)COC)[C@@H](C)c1ncc(-c2ccc3c(c2)COc2cc4c(ccc5[nH]c([C@H](C)N(C(O)[C@H](C)NC(=O)OC)[C@@H](C)CC)nc54)cc2-3)[nH]1. The Bertz CT molecular complexity index is 2160. The summed E-state index contributed by atoms with van der Waals surface area (Å²) >= 11 is 0. The van der Waals surface area contributed by atoms with Crippen LogP contribution in [-0.2, 0) is 20.9 Å². The van der Waals surface area contributed by atoms with Crippen molar-refractivity contribution in [3.05, 3.63) is 65.9 Å². The molecule has 0 fully saturated rings. The van der Waals surface area contributed by atoms with Gasteiger partial charge >= 0.3 is 6.09 Å². The fourth-order valence-corrected chi connectivity index (χ4v) is 7.82. The highest BCUT2D eigenvalue weighted by atomic mass is 16.5. The number of hydrogen-bond acceptors (Lipinski definition) is 9. The van der Waals surface area contributed by atoms with E-state index in [1.807, 2.05) is 42.8 Å². The molecule has 6 rings (SSSR count). The molecule has 56 heavy (non-hydrogen) atoms. The second-order valence-corrected chi connectivity index (χ2v) is 15.2. The Morgan fingerprint density at radius 3 is 2.48 bits per heavy atom. The van der Waals surface area contributed by atoms with Crippen LogP contribution in [0, 0.1) is 5.92 Å². The molecule has 1 aliphatic heterocycles. The van der Waals surface area contributed by atoms with Crippen LogP contribution >= 0.6 is 0 Å². The van der Waals surface area contributed by atoms with Gasteiger partial charge in [0.15, 0.2) is 0 Å². The zero-order chi connectivity index (χ0) is 40.3. The molecule has 1 unspecified atom stereocenters. The Labute approximate surface area is 329 Å². The van der Waals surface area contributed by atoms with Crippen LogP contribution in [-0.4, -0.2) is 92.5 Å². The van der Waals surface area contributed by atoms with Crippen molar-refractivity contribution in [3.63, 3.8) is 0 Å². The number of fused-ring (bicyclic) bond motifs is 6. The second kappa shape index (κ2) is 17.4. The zero-order valence-electron chi connectivity index (χ0n) is 34.1. The van der Waals surface area contributed by atoms with Gasteiger partial charge in [-0.05, 0) is 92.8 Å². The Kier molecular flexibility index (Phi) is 12.7. The number of aliphatic hydroxyl groups excluding tert-OH is 1. The number of ether oxygens (including phenoxy) is 3. The van der Waals surface area contributed by atoms with E-state index in [4.69, 9.17) is 24.2 Å². The minimum absolute atomic E-state index is 0.00141. The summed E-state index contributed by atoms with van der Waals surface area (Å²) in [4.78, 5) is 45.8. The summed E-state index contributed by atoms with van der Waals surface area (Å²) in [6, 6.07) is 13.7. The number of imidazole rings is 2. The number of carbonyl (C=O) groups is 2. The van der Waals surface area contributed by atoms with Crippen molar-refractivity contribution in [2.24, 2.45) is 5.92 Å². The van der Waals surface area contributed by atoms with Crippen molar-refractivity contribution in [3.8, 4) is 28.1 Å². The number of aliphatic hydroxyl groups is 1. The minimum atomic E-state index is -0.976. The molecule has 0 saturated carbocycles. The smallest absolute Gasteiger partial charge is 0.407 e. The van der Waals surface area contributed by atoms with Gasteiger partial charge < -0.3 is 39.5 Å². The number of nitrogens with zero attached hydrogens (tertiary/aromatic N) is 4. The van der Waals surface area contributed by atoms with Crippen LogP contribution in [0.5, 0.6) is 5.75 Å². The number of carbonyl (C=O) groups excluding carboxylic acids is 2. The highest BCUT2D eigenvalue weighted by Gasteiger charge is 2.33. The van der Waals surface area contributed by atoms with Crippen molar-refractivity contribution in [2.75, 3.05) is 27.4 Å². The quantitative estimate of drug-likeness (QED) is 0.0734. The van der Waals surface area contributed by atoms with Gasteiger partial charge in [0, 0.05) is 37.1 Å². The van der Waals surface area contributed by atoms with E-state index >= 15 is 0 Å². The first-order valence-electron chi connectivity index (χ1n) is 19.7. The van der Waals surface area contributed by atoms with E-state index < -0.39 is 18.4 Å². The summed E-state index contributed by atoms with van der Waals surface area (Å²) < 4.78 is 16.5. The molecule has 13 nitrogen and oxygen atoms in total. The van der Waals surface area contributed by atoms with Gasteiger partial charge in [0.05, 0.1) is 54.8 Å². The number of aromatic nitrogens is 4. The number of aromatic amines is 2. The van der Waals surface area contributed by atoms with Crippen molar-refractivity contribution in [1.82, 2.24) is 35.1 Å². The first-order valence-corrected chi connectivity index (χ1v) is 19.7. The zero-order valence-corrected chi connectivity index (χ0v) is 34.1. The number of H-pyrrole nitrogens is 2. The third kappa shape index (κ3) is 8.25. The Morgan fingerprint density at radius 2 is 1.77 bits per heavy atom. The molecule has 0 spiro atoms. The minimum Gasteiger partial charge on any atom is -0.488 e. The maximum atomic E-state index is 13.1. The largest absolute Gasteiger partial charge is 0.488 e. The lowest BCUT2D eigenvalue weighted by atomic mass is 9.92. The topological polar surface area (TPSA) is 158 Å². The number of alkyl carbamates (subject to hydrolysis) is 1. The van der Waals surface area contributed by atoms with Crippen LogP contribution in [0.1, 0.15) is 97.0 Å². The number of rotatable bonds is 16. The normalized spacial score (nSPS) is 15.7. The van der Waals surface area contributed by atoms with Crippen molar-refractivity contribution in [2.45, 2.75) is 105 Å². The lowest BCUT2D eigenvalue weighted by Gasteiger charge is -2.39. The third-order valence-electron chi connectivity index (χ3n) is 11.1. The van der Waals surface area contributed by atoms with Gasteiger partial charge in [-0.15, -0.1) is 0 Å². The summed E-state index contributed by atoms with van der Waals surface area (Å²) in [5.41, 5.74) is 6.78. The van der Waals surface area contributed by atoms with Gasteiger partial charge in [-0.3, -0.25) is 9.69 Å². The Hall–Kier alpha value is -4.98. The number of benzene rings is 3. The monoisotopic (exact) mass is 767 g/mol. The molecular formula is C43H57N7O6. The lowest BCUT2D eigenvalue weighted by Crippen LogP contribution is -2.53. The van der Waals surface area contributed by atoms with Crippen molar-refractivity contribution in [1.29, 1.82) is 0 Å². The van der Waals surface area contributed by atoms with Gasteiger partial charge in [0.2, 0.25) is 5.91 Å². The van der Waals surface area contributed by atoms with Gasteiger partial charge in [-0.25, -0.2) is 14.8 Å². The first kappa shape index (κ1) is 40.7. The molecule has 3 heterocycles. The van der Waals surface area contributed by atoms with E-state index in [1.165, 1.54) is 7.11 Å². The molecule has 3 aromatic carbocycles. The van der Waals surface area contributed by atoms with E-state index in [9.17, 15) is 14.7 Å². The molecule has 300 valence electrons. The van der Waals surface area contributed by atoms with Gasteiger partial charge in [0.25, 0.3) is 0 Å². The van der Waals surface area contributed by atoms with E-state index in [0.717, 1.165) is 74.2 Å². The van der Waals surface area contributed by atoms with Crippen LogP contribution in [0.25, 0.3) is 44.2 Å². The molecule has 0 radical (unpaired) electrons. The fourth-order valence-electron chi connectivity index (χ4n) is 7.82. The summed E-state index contributed by atoms with van der Waals surface area (Å²) in [5, 5.41) is 16.1. The predicted octanol–water partition coefficient (Wildman–Crippen LogP) is 7.86. The molecule has 2 amide bonds. The summed E-state index contributed by atoms with van der Waals surface area (Å²) in [6.45, 7) is 15.6. The average Bonchev–Trinajstić information content (AvgIpc) is 3.87. The molecular weight excluding hydrogens is 711 g/mol. The van der Waals surface area contributed by atoms with Crippen LogP contribution in [0.4, 0.5) is 4.79 Å². The number of methoxy groups -OCH3 is 2. The van der Waals surface area contributed by atoms with Crippen molar-refractivity contribution >= 4 is 33.8 Å². The molecule has 0 aliphatic carbocycles. The lowest BCUT2D eigenvalue weighted by molar-refractivity contribution is -0.134. The van der Waals surface area contributed by atoms with Crippen LogP contribution in [0.15, 0.2) is 48.7 Å². The highest BCUT2D eigenvalue weighted by molar-refractivity contribution is 6.07. The number of hydrogen-bond donors (Lipinski definition) is 4. The molecule has 1 aliphatic rings. The standard InChI is InChI=1S/C43H57N7O6/c1-10-12-38(51)49(21-24(3)22-54-8)27(6)40-44-20-36(47-40)30-13-15-32-31(17-30)23-56-37-19-33-29(18-34(32)37)14-16-35-39(33)48-41(46-35)28(7)50(25(4)11-2)42(52)26(5)45-43(53)55-9/h13-20,24-28,42,52H,10-12,21-23H2,1-9H3,(H,44,47)(H,45,53)(H,46,48)/t24-,25-,26-,27-,28-,42?/m0/s1. The number of nitrogens with one attached hydrogen (secondary N) is 3. The van der Waals surface area contributed by atoms with E-state index in [-0.39, 0.29) is 30.0 Å². The predicted molar refractivity (Wildman–Crippen MR) is 218 cm³/mol. The summed E-state index contributed by atoms with van der Waals surface area (Å²) in [7, 11) is 2.99. The van der Waals surface area contributed by atoms with Crippen LogP contribution < -0.4 is 10.1 Å². The molecule has 0 saturated heterocycles. The maximum absolute atomic E-state index is 13.1. The van der Waals surface area contributed by atoms with E-state index in [2.05, 4.69) is 72.5 Å². The number of amides is 2. The van der Waals surface area contributed by atoms with Crippen LogP contribution in [0.2, 0.25) is 0 Å². The first-order chi connectivity index (χ1) is 26.9. The molecule has 6 atom stereocenters. The second-order valence-electron chi connectivity index (χ2n) is 15.2. The summed E-state index contributed by atoms with van der Waals surface area (Å²) in [6.07, 6.45) is 2.34. The molecule has 4 N–H and O–H groups in total. The fraction of sp³-hybridized carbons (Fsp3) is 0.488. The molecule has 5 aromatic rings. The van der Waals surface area contributed by atoms with Gasteiger partial charge in [0.1, 0.15) is 30.2 Å².